The summed E-state index contributed by atoms with van der Waals surface area (Å²) in [5.74, 6) is -0.412. The van der Waals surface area contributed by atoms with Crippen LogP contribution in [0.4, 0.5) is 0 Å². The molecule has 0 heterocycles. The predicted octanol–water partition coefficient (Wildman–Crippen LogP) is 3.55. The van der Waals surface area contributed by atoms with Crippen LogP contribution in [-0.2, 0) is 9.53 Å². The summed E-state index contributed by atoms with van der Waals surface area (Å²) in [6.45, 7) is 9.88. The summed E-state index contributed by atoms with van der Waals surface area (Å²) >= 11 is 0. The van der Waals surface area contributed by atoms with E-state index in [4.69, 9.17) is 9.84 Å². The minimum absolute atomic E-state index is 0.0371. The summed E-state index contributed by atoms with van der Waals surface area (Å²) in [6, 6.07) is 0. The van der Waals surface area contributed by atoms with Crippen molar-refractivity contribution in [2.75, 3.05) is 13.2 Å². The van der Waals surface area contributed by atoms with E-state index in [1.807, 2.05) is 0 Å². The van der Waals surface area contributed by atoms with E-state index < -0.39 is 5.97 Å². The minimum Gasteiger partial charge on any atom is -0.460 e. The molecular formula is C16H26O3. The van der Waals surface area contributed by atoms with Gasteiger partial charge in [0.25, 0.3) is 0 Å². The number of ether oxygens (including phenoxy) is 1. The van der Waals surface area contributed by atoms with Crippen LogP contribution in [-0.4, -0.2) is 24.3 Å². The van der Waals surface area contributed by atoms with Crippen LogP contribution in [0.25, 0.3) is 0 Å². The standard InChI is InChI=1S/C16H26O3/c1-13(2)7-5-8-14(3)9-6-10-15(4)16(18)19-12-11-17/h7,9,17H,4-6,8,10-12H2,1-3H3. The molecule has 3 nitrogen and oxygen atoms in total. The molecule has 0 aromatic rings. The molecule has 0 spiro atoms. The Bertz CT molecular complexity index is 347. The Morgan fingerprint density at radius 2 is 1.79 bits per heavy atom. The quantitative estimate of drug-likeness (QED) is 0.394. The molecule has 0 fully saturated rings. The molecule has 0 aliphatic heterocycles. The SMILES string of the molecule is C=C(CCC=C(C)CCC=C(C)C)C(=O)OCCO. The molecule has 0 aliphatic carbocycles. The van der Waals surface area contributed by atoms with Gasteiger partial charge in [-0.25, -0.2) is 4.79 Å². The van der Waals surface area contributed by atoms with Gasteiger partial charge in [0.05, 0.1) is 6.61 Å². The molecule has 0 atom stereocenters. The molecular weight excluding hydrogens is 240 g/mol. The number of aliphatic hydroxyl groups is 1. The fourth-order valence-electron chi connectivity index (χ4n) is 1.53. The molecule has 0 radical (unpaired) electrons. The van der Waals surface area contributed by atoms with E-state index >= 15 is 0 Å². The lowest BCUT2D eigenvalue weighted by Crippen LogP contribution is -2.10. The molecule has 1 N–H and O–H groups in total. The topological polar surface area (TPSA) is 46.5 Å². The van der Waals surface area contributed by atoms with Crippen molar-refractivity contribution in [3.8, 4) is 0 Å². The van der Waals surface area contributed by atoms with Gasteiger partial charge in [-0.3, -0.25) is 0 Å². The summed E-state index contributed by atoms with van der Waals surface area (Å²) < 4.78 is 4.78. The van der Waals surface area contributed by atoms with Crippen LogP contribution in [0.15, 0.2) is 35.5 Å². The fraction of sp³-hybridized carbons (Fsp3) is 0.562. The number of carbonyl (C=O) groups excluding carboxylic acids is 1. The maximum Gasteiger partial charge on any atom is 0.333 e. The van der Waals surface area contributed by atoms with Crippen LogP contribution >= 0.6 is 0 Å². The van der Waals surface area contributed by atoms with E-state index in [1.165, 1.54) is 11.1 Å². The Morgan fingerprint density at radius 1 is 1.16 bits per heavy atom. The maximum atomic E-state index is 11.4. The molecule has 0 rings (SSSR count). The van der Waals surface area contributed by atoms with Crippen molar-refractivity contribution in [1.29, 1.82) is 0 Å². The summed E-state index contributed by atoms with van der Waals surface area (Å²) in [7, 11) is 0. The Morgan fingerprint density at radius 3 is 2.37 bits per heavy atom. The van der Waals surface area contributed by atoms with E-state index in [2.05, 4.69) is 39.5 Å². The lowest BCUT2D eigenvalue weighted by molar-refractivity contribution is -0.140. The third kappa shape index (κ3) is 10.3. The first-order valence-corrected chi connectivity index (χ1v) is 6.72. The number of carbonyl (C=O) groups is 1. The van der Waals surface area contributed by atoms with Crippen molar-refractivity contribution in [1.82, 2.24) is 0 Å². The number of rotatable bonds is 9. The maximum absolute atomic E-state index is 11.4. The molecule has 3 heteroatoms. The summed E-state index contributed by atoms with van der Waals surface area (Å²) in [6.07, 6.45) is 7.88. The molecule has 0 aromatic carbocycles. The van der Waals surface area contributed by atoms with Crippen LogP contribution in [0.3, 0.4) is 0 Å². The number of aliphatic hydroxyl groups excluding tert-OH is 1. The Hall–Kier alpha value is -1.35. The van der Waals surface area contributed by atoms with Gasteiger partial charge in [0, 0.05) is 5.57 Å². The highest BCUT2D eigenvalue weighted by Gasteiger charge is 2.06. The highest BCUT2D eigenvalue weighted by atomic mass is 16.5. The molecule has 19 heavy (non-hydrogen) atoms. The first kappa shape index (κ1) is 17.6. The second kappa shape index (κ2) is 10.6. The average molecular weight is 266 g/mol. The summed E-state index contributed by atoms with van der Waals surface area (Å²) in [5, 5.41) is 8.55. The van der Waals surface area contributed by atoms with Crippen LogP contribution in [0.2, 0.25) is 0 Å². The van der Waals surface area contributed by atoms with Gasteiger partial charge < -0.3 is 9.84 Å². The van der Waals surface area contributed by atoms with Gasteiger partial charge in [-0.1, -0.05) is 29.9 Å². The van der Waals surface area contributed by atoms with Crippen LogP contribution in [0.5, 0.6) is 0 Å². The van der Waals surface area contributed by atoms with E-state index in [0.717, 1.165) is 19.3 Å². The molecule has 0 unspecified atom stereocenters. The van der Waals surface area contributed by atoms with Crippen LogP contribution < -0.4 is 0 Å². The monoisotopic (exact) mass is 266 g/mol. The normalized spacial score (nSPS) is 11.1. The van der Waals surface area contributed by atoms with Crippen molar-refractivity contribution in [2.45, 2.75) is 46.5 Å². The lowest BCUT2D eigenvalue weighted by Gasteiger charge is -2.05. The van der Waals surface area contributed by atoms with Crippen molar-refractivity contribution in [3.63, 3.8) is 0 Å². The van der Waals surface area contributed by atoms with Crippen LogP contribution in [0, 0.1) is 0 Å². The fourth-order valence-corrected chi connectivity index (χ4v) is 1.53. The number of hydrogen-bond acceptors (Lipinski definition) is 3. The molecule has 108 valence electrons. The van der Waals surface area contributed by atoms with E-state index in [9.17, 15) is 4.79 Å². The number of hydrogen-bond donors (Lipinski definition) is 1. The zero-order valence-electron chi connectivity index (χ0n) is 12.4. The van der Waals surface area contributed by atoms with Crippen LogP contribution in [0.1, 0.15) is 46.5 Å². The number of esters is 1. The van der Waals surface area contributed by atoms with Gasteiger partial charge in [0.15, 0.2) is 0 Å². The highest BCUT2D eigenvalue weighted by Crippen LogP contribution is 2.11. The van der Waals surface area contributed by atoms with Crippen molar-refractivity contribution < 1.29 is 14.6 Å². The smallest absolute Gasteiger partial charge is 0.333 e. The predicted molar refractivity (Wildman–Crippen MR) is 78.8 cm³/mol. The molecule has 0 amide bonds. The van der Waals surface area contributed by atoms with Gasteiger partial charge in [-0.2, -0.15) is 0 Å². The molecule has 0 aliphatic rings. The van der Waals surface area contributed by atoms with Gasteiger partial charge in [-0.05, 0) is 46.5 Å². The second-order valence-corrected chi connectivity index (χ2v) is 4.87. The van der Waals surface area contributed by atoms with Gasteiger partial charge in [0.1, 0.15) is 6.61 Å². The Kier molecular flexibility index (Phi) is 9.81. The van der Waals surface area contributed by atoms with Crippen molar-refractivity contribution in [2.24, 2.45) is 0 Å². The van der Waals surface area contributed by atoms with Gasteiger partial charge in [0.2, 0.25) is 0 Å². The molecule has 0 saturated carbocycles. The van der Waals surface area contributed by atoms with E-state index in [1.54, 1.807) is 0 Å². The zero-order chi connectivity index (χ0) is 14.7. The summed E-state index contributed by atoms with van der Waals surface area (Å²) in [5.41, 5.74) is 3.13. The highest BCUT2D eigenvalue weighted by molar-refractivity contribution is 5.87. The first-order valence-electron chi connectivity index (χ1n) is 6.72. The van der Waals surface area contributed by atoms with Gasteiger partial charge >= 0.3 is 5.97 Å². The zero-order valence-corrected chi connectivity index (χ0v) is 12.4. The Labute approximate surface area is 116 Å². The Balaban J connectivity index is 3.90. The van der Waals surface area contributed by atoms with E-state index in [0.29, 0.717) is 12.0 Å². The molecule has 0 saturated heterocycles. The summed E-state index contributed by atoms with van der Waals surface area (Å²) in [4.78, 5) is 11.4. The molecule has 0 aromatic heterocycles. The largest absolute Gasteiger partial charge is 0.460 e. The molecule has 0 bridgehead atoms. The third-order valence-corrected chi connectivity index (χ3v) is 2.64. The lowest BCUT2D eigenvalue weighted by atomic mass is 10.1. The van der Waals surface area contributed by atoms with Crippen molar-refractivity contribution in [3.05, 3.63) is 35.5 Å². The van der Waals surface area contributed by atoms with Gasteiger partial charge in [-0.15, -0.1) is 0 Å². The number of allylic oxidation sites excluding steroid dienone is 4. The second-order valence-electron chi connectivity index (χ2n) is 4.87. The van der Waals surface area contributed by atoms with Crippen molar-refractivity contribution >= 4 is 5.97 Å². The first-order chi connectivity index (χ1) is 8.97. The van der Waals surface area contributed by atoms with E-state index in [-0.39, 0.29) is 13.2 Å². The minimum atomic E-state index is -0.412. The third-order valence-electron chi connectivity index (χ3n) is 2.64. The average Bonchev–Trinajstić information content (AvgIpc) is 2.35.